The van der Waals surface area contributed by atoms with E-state index in [9.17, 15) is 18.0 Å². The lowest BCUT2D eigenvalue weighted by Crippen LogP contribution is -2.27. The number of para-hydroxylation sites is 1. The number of aromatic nitrogens is 1. The van der Waals surface area contributed by atoms with Crippen LogP contribution in [-0.4, -0.2) is 17.9 Å². The molecule has 0 spiro atoms. The van der Waals surface area contributed by atoms with E-state index in [1.54, 1.807) is 37.4 Å². The summed E-state index contributed by atoms with van der Waals surface area (Å²) in [5.74, 6) is -0.279. The molecular weight excluding hydrogens is 317 g/mol. The van der Waals surface area contributed by atoms with Crippen molar-refractivity contribution in [3.8, 4) is 0 Å². The Morgan fingerprint density at radius 3 is 2.46 bits per heavy atom. The van der Waals surface area contributed by atoms with E-state index < -0.39 is 11.7 Å². The van der Waals surface area contributed by atoms with Crippen molar-refractivity contribution < 1.29 is 18.0 Å². The van der Waals surface area contributed by atoms with E-state index in [-0.39, 0.29) is 17.7 Å². The molecule has 24 heavy (non-hydrogen) atoms. The van der Waals surface area contributed by atoms with Gasteiger partial charge in [-0.1, -0.05) is 24.3 Å². The van der Waals surface area contributed by atoms with Crippen LogP contribution in [-0.2, 0) is 17.4 Å². The molecule has 3 rings (SSSR count). The number of fused-ring (bicyclic) bond motifs is 1. The zero-order chi connectivity index (χ0) is 17.3. The van der Waals surface area contributed by atoms with Crippen molar-refractivity contribution >= 4 is 22.5 Å². The summed E-state index contributed by atoms with van der Waals surface area (Å²) in [6.07, 6.45) is -3.11. The van der Waals surface area contributed by atoms with Crippen molar-refractivity contribution in [2.24, 2.45) is 0 Å². The maximum absolute atomic E-state index is 13.2. The van der Waals surface area contributed by atoms with Gasteiger partial charge in [-0.25, -0.2) is 0 Å². The highest BCUT2D eigenvalue weighted by molar-refractivity contribution is 5.98. The number of amides is 1. The zero-order valence-corrected chi connectivity index (χ0v) is 12.9. The molecule has 0 fully saturated rings. The summed E-state index contributed by atoms with van der Waals surface area (Å²) in [5.41, 5.74) is 0.672. The molecule has 1 heterocycles. The first-order chi connectivity index (χ1) is 11.4. The highest BCUT2D eigenvalue weighted by Crippen LogP contribution is 2.36. The Labute approximate surface area is 136 Å². The van der Waals surface area contributed by atoms with E-state index in [1.165, 1.54) is 17.2 Å². The van der Waals surface area contributed by atoms with Gasteiger partial charge >= 0.3 is 6.18 Å². The lowest BCUT2D eigenvalue weighted by Gasteiger charge is -2.17. The number of benzene rings is 2. The minimum absolute atomic E-state index is 0.0554. The molecule has 124 valence electrons. The molecule has 0 saturated heterocycles. The fraction of sp³-hybridized carbons (Fsp3) is 0.167. The average molecular weight is 332 g/mol. The first-order valence-corrected chi connectivity index (χ1v) is 7.35. The van der Waals surface area contributed by atoms with Gasteiger partial charge in [-0.3, -0.25) is 4.79 Å². The van der Waals surface area contributed by atoms with Crippen molar-refractivity contribution in [2.75, 3.05) is 11.9 Å². The second kappa shape index (κ2) is 6.03. The van der Waals surface area contributed by atoms with Crippen molar-refractivity contribution in [2.45, 2.75) is 12.6 Å². The standard InChI is InChI=1S/C18H15F3N2O/c1-23(13-6-3-2-4-7-13)16(24)10-12-11-22-15-9-5-8-14(17(12)15)18(19,20)21/h2-9,11,22H,10H2,1H3. The number of nitrogens with one attached hydrogen (secondary N) is 1. The lowest BCUT2D eigenvalue weighted by molar-refractivity contribution is -0.136. The van der Waals surface area contributed by atoms with Crippen molar-refractivity contribution in [3.05, 3.63) is 65.9 Å². The number of alkyl halides is 3. The van der Waals surface area contributed by atoms with Crippen LogP contribution in [0.15, 0.2) is 54.7 Å². The van der Waals surface area contributed by atoms with Gasteiger partial charge in [-0.15, -0.1) is 0 Å². The fourth-order valence-electron chi connectivity index (χ4n) is 2.71. The summed E-state index contributed by atoms with van der Waals surface area (Å²) < 4.78 is 39.7. The Balaban J connectivity index is 1.95. The van der Waals surface area contributed by atoms with Gasteiger partial charge in [-0.2, -0.15) is 13.2 Å². The SMILES string of the molecule is CN(C(=O)Cc1c[nH]c2cccc(C(F)(F)F)c12)c1ccccc1. The molecule has 0 saturated carbocycles. The molecule has 0 aliphatic heterocycles. The maximum Gasteiger partial charge on any atom is 0.417 e. The van der Waals surface area contributed by atoms with Crippen LogP contribution in [0, 0.1) is 0 Å². The number of anilines is 1. The van der Waals surface area contributed by atoms with E-state index in [0.29, 0.717) is 16.8 Å². The van der Waals surface area contributed by atoms with Crippen LogP contribution in [0.2, 0.25) is 0 Å². The van der Waals surface area contributed by atoms with Gasteiger partial charge in [0.1, 0.15) is 0 Å². The molecule has 3 aromatic rings. The van der Waals surface area contributed by atoms with Crippen LogP contribution in [0.1, 0.15) is 11.1 Å². The molecule has 0 unspecified atom stereocenters. The van der Waals surface area contributed by atoms with E-state index in [0.717, 1.165) is 6.07 Å². The normalized spacial score (nSPS) is 11.7. The number of carbonyl (C=O) groups excluding carboxylic acids is 1. The predicted molar refractivity (Wildman–Crippen MR) is 86.9 cm³/mol. The van der Waals surface area contributed by atoms with E-state index in [2.05, 4.69) is 4.98 Å². The van der Waals surface area contributed by atoms with Gasteiger partial charge in [-0.05, 0) is 29.8 Å². The number of rotatable bonds is 3. The van der Waals surface area contributed by atoms with Crippen LogP contribution in [0.5, 0.6) is 0 Å². The zero-order valence-electron chi connectivity index (χ0n) is 12.9. The van der Waals surface area contributed by atoms with E-state index >= 15 is 0 Å². The van der Waals surface area contributed by atoms with Crippen molar-refractivity contribution in [3.63, 3.8) is 0 Å². The minimum atomic E-state index is -4.47. The maximum atomic E-state index is 13.2. The smallest absolute Gasteiger partial charge is 0.361 e. The van der Waals surface area contributed by atoms with E-state index in [1.807, 2.05) is 6.07 Å². The van der Waals surface area contributed by atoms with Gasteiger partial charge in [0.15, 0.2) is 0 Å². The predicted octanol–water partition coefficient (Wildman–Crippen LogP) is 4.39. The topological polar surface area (TPSA) is 36.1 Å². The third-order valence-electron chi connectivity index (χ3n) is 3.95. The Kier molecular flexibility index (Phi) is 4.05. The molecule has 0 radical (unpaired) electrons. The molecule has 0 aliphatic rings. The molecule has 1 N–H and O–H groups in total. The third-order valence-corrected chi connectivity index (χ3v) is 3.95. The number of nitrogens with zero attached hydrogens (tertiary/aromatic N) is 1. The highest BCUT2D eigenvalue weighted by Gasteiger charge is 2.33. The summed E-state index contributed by atoms with van der Waals surface area (Å²) >= 11 is 0. The Morgan fingerprint density at radius 2 is 1.79 bits per heavy atom. The Bertz CT molecular complexity index is 869. The van der Waals surface area contributed by atoms with Gasteiger partial charge < -0.3 is 9.88 Å². The Morgan fingerprint density at radius 1 is 1.08 bits per heavy atom. The second-order valence-electron chi connectivity index (χ2n) is 5.50. The number of carbonyl (C=O) groups is 1. The van der Waals surface area contributed by atoms with Crippen LogP contribution < -0.4 is 4.90 Å². The van der Waals surface area contributed by atoms with Crippen LogP contribution >= 0.6 is 0 Å². The lowest BCUT2D eigenvalue weighted by atomic mass is 10.0. The number of hydrogen-bond donors (Lipinski definition) is 1. The largest absolute Gasteiger partial charge is 0.417 e. The first-order valence-electron chi connectivity index (χ1n) is 7.35. The van der Waals surface area contributed by atoms with Gasteiger partial charge in [0.05, 0.1) is 12.0 Å². The Hall–Kier alpha value is -2.76. The number of halogens is 3. The third kappa shape index (κ3) is 2.99. The summed E-state index contributed by atoms with van der Waals surface area (Å²) in [6.45, 7) is 0. The monoisotopic (exact) mass is 332 g/mol. The van der Waals surface area contributed by atoms with Crippen LogP contribution in [0.25, 0.3) is 10.9 Å². The van der Waals surface area contributed by atoms with Gasteiger partial charge in [0, 0.05) is 29.8 Å². The van der Waals surface area contributed by atoms with E-state index in [4.69, 9.17) is 0 Å². The molecule has 1 amide bonds. The van der Waals surface area contributed by atoms with Gasteiger partial charge in [0.25, 0.3) is 0 Å². The molecule has 1 aromatic heterocycles. The summed E-state index contributed by atoms with van der Waals surface area (Å²) in [6, 6.07) is 12.9. The molecule has 0 aliphatic carbocycles. The van der Waals surface area contributed by atoms with Crippen molar-refractivity contribution in [1.82, 2.24) is 4.98 Å². The molecule has 6 heteroatoms. The van der Waals surface area contributed by atoms with Crippen LogP contribution in [0.3, 0.4) is 0 Å². The molecule has 2 aromatic carbocycles. The number of aromatic amines is 1. The minimum Gasteiger partial charge on any atom is -0.361 e. The van der Waals surface area contributed by atoms with Crippen molar-refractivity contribution in [1.29, 1.82) is 0 Å². The molecule has 3 nitrogen and oxygen atoms in total. The molecular formula is C18H15F3N2O. The number of hydrogen-bond acceptors (Lipinski definition) is 1. The number of likely N-dealkylation sites (N-methyl/N-ethyl adjacent to an activating group) is 1. The summed E-state index contributed by atoms with van der Waals surface area (Å²) in [4.78, 5) is 16.7. The highest BCUT2D eigenvalue weighted by atomic mass is 19.4. The quantitative estimate of drug-likeness (QED) is 0.758. The average Bonchev–Trinajstić information content (AvgIpc) is 2.97. The summed E-state index contributed by atoms with van der Waals surface area (Å²) in [7, 11) is 1.61. The second-order valence-corrected chi connectivity index (χ2v) is 5.50. The van der Waals surface area contributed by atoms with Gasteiger partial charge in [0.2, 0.25) is 5.91 Å². The first kappa shape index (κ1) is 16.1. The number of H-pyrrole nitrogens is 1. The van der Waals surface area contributed by atoms with Crippen LogP contribution in [0.4, 0.5) is 18.9 Å². The fourth-order valence-corrected chi connectivity index (χ4v) is 2.71. The molecule has 0 atom stereocenters. The molecule has 0 bridgehead atoms. The summed E-state index contributed by atoms with van der Waals surface area (Å²) in [5, 5.41) is 0.0554.